The van der Waals surface area contributed by atoms with Gasteiger partial charge in [-0.15, -0.1) is 0 Å². The Labute approximate surface area is 196 Å². The van der Waals surface area contributed by atoms with Crippen LogP contribution in [0.3, 0.4) is 0 Å². The number of carbonyl (C=O) groups excluding carboxylic acids is 1. The van der Waals surface area contributed by atoms with E-state index in [2.05, 4.69) is 10.00 Å². The van der Waals surface area contributed by atoms with E-state index in [1.165, 1.54) is 0 Å². The van der Waals surface area contributed by atoms with Crippen LogP contribution in [0.1, 0.15) is 34.9 Å². The van der Waals surface area contributed by atoms with Crippen molar-refractivity contribution in [3.05, 3.63) is 77.2 Å². The van der Waals surface area contributed by atoms with Crippen LogP contribution in [0.5, 0.6) is 0 Å². The third-order valence-corrected chi connectivity index (χ3v) is 6.54. The van der Waals surface area contributed by atoms with Crippen LogP contribution in [0.25, 0.3) is 16.7 Å². The average Bonchev–Trinajstić information content (AvgIpc) is 3.62. The molecule has 0 atom stereocenters. The molecule has 0 radical (unpaired) electrons. The Morgan fingerprint density at radius 2 is 1.73 bits per heavy atom. The standard InChI is InChI=1S/C25H23ClN6O/c26-19-7-4-8-20(15-19)32-24-21(16-27-32)23(28-22(29-24)17-9-10-17)30-11-13-31(14-12-30)25(33)18-5-2-1-3-6-18/h1-8,15-17H,9-14H2. The van der Waals surface area contributed by atoms with Crippen molar-refractivity contribution in [2.45, 2.75) is 18.8 Å². The van der Waals surface area contributed by atoms with Crippen molar-refractivity contribution in [3.63, 3.8) is 0 Å². The van der Waals surface area contributed by atoms with Gasteiger partial charge in [0.25, 0.3) is 5.91 Å². The Balaban J connectivity index is 1.32. The molecule has 3 heterocycles. The fraction of sp³-hybridized carbons (Fsp3) is 0.280. The van der Waals surface area contributed by atoms with E-state index in [4.69, 9.17) is 21.6 Å². The number of benzene rings is 2. The maximum Gasteiger partial charge on any atom is 0.253 e. The van der Waals surface area contributed by atoms with E-state index in [9.17, 15) is 4.79 Å². The highest BCUT2D eigenvalue weighted by atomic mass is 35.5. The first kappa shape index (κ1) is 20.2. The minimum atomic E-state index is 0.0792. The number of hydrogen-bond donors (Lipinski definition) is 0. The average molecular weight is 459 g/mol. The quantitative estimate of drug-likeness (QED) is 0.456. The lowest BCUT2D eigenvalue weighted by Gasteiger charge is -2.35. The molecule has 1 aliphatic carbocycles. The molecule has 33 heavy (non-hydrogen) atoms. The Morgan fingerprint density at radius 1 is 0.939 bits per heavy atom. The Kier molecular flexibility index (Phi) is 4.99. The van der Waals surface area contributed by atoms with Gasteiger partial charge in [-0.1, -0.05) is 35.9 Å². The molecule has 2 fully saturated rings. The molecule has 0 spiro atoms. The highest BCUT2D eigenvalue weighted by molar-refractivity contribution is 6.30. The molecule has 166 valence electrons. The topological polar surface area (TPSA) is 67.2 Å². The number of anilines is 1. The molecule has 8 heteroatoms. The van der Waals surface area contributed by atoms with Crippen molar-refractivity contribution in [2.75, 3.05) is 31.1 Å². The summed E-state index contributed by atoms with van der Waals surface area (Å²) in [5.41, 5.74) is 2.41. The Hall–Kier alpha value is -3.45. The number of rotatable bonds is 4. The minimum Gasteiger partial charge on any atom is -0.352 e. The van der Waals surface area contributed by atoms with E-state index < -0.39 is 0 Å². The number of piperazine rings is 1. The maximum atomic E-state index is 12.9. The van der Waals surface area contributed by atoms with Crippen LogP contribution < -0.4 is 4.90 Å². The van der Waals surface area contributed by atoms with Crippen LogP contribution in [0.2, 0.25) is 5.02 Å². The van der Waals surface area contributed by atoms with Crippen LogP contribution in [0.4, 0.5) is 5.82 Å². The van der Waals surface area contributed by atoms with Gasteiger partial charge in [0.2, 0.25) is 0 Å². The molecule has 6 rings (SSSR count). The van der Waals surface area contributed by atoms with E-state index in [1.54, 1.807) is 0 Å². The van der Waals surface area contributed by atoms with Crippen LogP contribution in [-0.4, -0.2) is 56.7 Å². The van der Waals surface area contributed by atoms with Crippen LogP contribution in [-0.2, 0) is 0 Å². The van der Waals surface area contributed by atoms with Gasteiger partial charge in [0, 0.05) is 42.7 Å². The van der Waals surface area contributed by atoms with Gasteiger partial charge in [-0.25, -0.2) is 14.6 Å². The Bertz CT molecular complexity index is 1330. The molecule has 1 amide bonds. The zero-order valence-electron chi connectivity index (χ0n) is 18.1. The first-order valence-electron chi connectivity index (χ1n) is 11.3. The summed E-state index contributed by atoms with van der Waals surface area (Å²) >= 11 is 6.23. The second-order valence-corrected chi connectivity index (χ2v) is 9.03. The second kappa shape index (κ2) is 8.15. The van der Waals surface area contributed by atoms with Gasteiger partial charge < -0.3 is 9.80 Å². The summed E-state index contributed by atoms with van der Waals surface area (Å²) in [6, 6.07) is 17.1. The Morgan fingerprint density at radius 3 is 2.45 bits per heavy atom. The molecule has 1 aliphatic heterocycles. The summed E-state index contributed by atoms with van der Waals surface area (Å²) in [4.78, 5) is 26.9. The minimum absolute atomic E-state index is 0.0792. The van der Waals surface area contributed by atoms with Crippen LogP contribution >= 0.6 is 11.6 Å². The smallest absolute Gasteiger partial charge is 0.253 e. The van der Waals surface area contributed by atoms with Crippen LogP contribution in [0, 0.1) is 0 Å². The third-order valence-electron chi connectivity index (χ3n) is 6.31. The highest BCUT2D eigenvalue weighted by Gasteiger charge is 2.31. The number of carbonyl (C=O) groups is 1. The molecule has 2 aliphatic rings. The predicted molar refractivity (Wildman–Crippen MR) is 128 cm³/mol. The second-order valence-electron chi connectivity index (χ2n) is 8.60. The predicted octanol–water partition coefficient (Wildman–Crippen LogP) is 4.31. The maximum absolute atomic E-state index is 12.9. The molecule has 0 N–H and O–H groups in total. The molecule has 7 nitrogen and oxygen atoms in total. The fourth-order valence-electron chi connectivity index (χ4n) is 4.36. The monoisotopic (exact) mass is 458 g/mol. The molecule has 0 bridgehead atoms. The fourth-order valence-corrected chi connectivity index (χ4v) is 4.54. The van der Waals surface area contributed by atoms with Crippen molar-refractivity contribution in [1.29, 1.82) is 0 Å². The largest absolute Gasteiger partial charge is 0.352 e. The molecule has 2 aromatic carbocycles. The first-order valence-corrected chi connectivity index (χ1v) is 11.7. The van der Waals surface area contributed by atoms with Crippen LogP contribution in [0.15, 0.2) is 60.8 Å². The van der Waals surface area contributed by atoms with Crippen molar-refractivity contribution in [3.8, 4) is 5.69 Å². The van der Waals surface area contributed by atoms with Crippen molar-refractivity contribution < 1.29 is 4.79 Å². The van der Waals surface area contributed by atoms with Gasteiger partial charge in [-0.3, -0.25) is 4.79 Å². The molecule has 1 saturated carbocycles. The number of fused-ring (bicyclic) bond motifs is 1. The number of aromatic nitrogens is 4. The van der Waals surface area contributed by atoms with Gasteiger partial charge in [0.15, 0.2) is 5.65 Å². The number of nitrogens with zero attached hydrogens (tertiary/aromatic N) is 6. The molecular weight excluding hydrogens is 436 g/mol. The van der Waals surface area contributed by atoms with E-state index in [-0.39, 0.29) is 5.91 Å². The van der Waals surface area contributed by atoms with E-state index >= 15 is 0 Å². The molecule has 2 aromatic heterocycles. The van der Waals surface area contributed by atoms with Gasteiger partial charge in [-0.05, 0) is 43.2 Å². The molecule has 1 saturated heterocycles. The van der Waals surface area contributed by atoms with E-state index in [1.807, 2.05) is 70.4 Å². The SMILES string of the molecule is O=C(c1ccccc1)N1CCN(c2nc(C3CC3)nc3c2cnn3-c2cccc(Cl)c2)CC1. The zero-order chi connectivity index (χ0) is 22.4. The normalized spacial score (nSPS) is 16.4. The number of amides is 1. The molecular formula is C25H23ClN6O. The summed E-state index contributed by atoms with van der Waals surface area (Å²) in [6.07, 6.45) is 4.08. The van der Waals surface area contributed by atoms with E-state index in [0.29, 0.717) is 24.0 Å². The lowest BCUT2D eigenvalue weighted by Crippen LogP contribution is -2.49. The zero-order valence-corrected chi connectivity index (χ0v) is 18.8. The van der Waals surface area contributed by atoms with Crippen molar-refractivity contribution in [2.24, 2.45) is 0 Å². The lowest BCUT2D eigenvalue weighted by molar-refractivity contribution is 0.0746. The van der Waals surface area contributed by atoms with Gasteiger partial charge in [0.05, 0.1) is 17.3 Å². The molecule has 0 unspecified atom stereocenters. The summed E-state index contributed by atoms with van der Waals surface area (Å²) in [7, 11) is 0. The van der Waals surface area contributed by atoms with Gasteiger partial charge >= 0.3 is 0 Å². The summed E-state index contributed by atoms with van der Waals surface area (Å²) < 4.78 is 1.84. The van der Waals surface area contributed by atoms with Crippen molar-refractivity contribution >= 4 is 34.4 Å². The van der Waals surface area contributed by atoms with Gasteiger partial charge in [0.1, 0.15) is 11.6 Å². The van der Waals surface area contributed by atoms with E-state index in [0.717, 1.165) is 59.9 Å². The summed E-state index contributed by atoms with van der Waals surface area (Å²) in [6.45, 7) is 2.75. The summed E-state index contributed by atoms with van der Waals surface area (Å²) in [5, 5.41) is 6.21. The number of hydrogen-bond acceptors (Lipinski definition) is 5. The number of halogens is 1. The lowest BCUT2D eigenvalue weighted by atomic mass is 10.2. The highest BCUT2D eigenvalue weighted by Crippen LogP contribution is 2.40. The summed E-state index contributed by atoms with van der Waals surface area (Å²) in [5.74, 6) is 2.28. The van der Waals surface area contributed by atoms with Crippen molar-refractivity contribution in [1.82, 2.24) is 24.6 Å². The molecule has 4 aromatic rings. The third kappa shape index (κ3) is 3.82. The first-order chi connectivity index (χ1) is 16.2. The van der Waals surface area contributed by atoms with Gasteiger partial charge in [-0.2, -0.15) is 5.10 Å².